The monoisotopic (exact) mass is 1010 g/mol. The quantitative estimate of drug-likeness (QED) is 0.0243. The number of rotatable bonds is 58. The van der Waals surface area contributed by atoms with Crippen LogP contribution in [0.25, 0.3) is 0 Å². The van der Waals surface area contributed by atoms with Crippen molar-refractivity contribution in [2.24, 2.45) is 0 Å². The number of carbonyl (C=O) groups excluding carboxylic acids is 1. The van der Waals surface area contributed by atoms with Gasteiger partial charge in [0.25, 0.3) is 0 Å². The molecule has 70 heavy (non-hydrogen) atoms. The largest absolute Gasteiger partial charge is 0.472 e. The van der Waals surface area contributed by atoms with Crippen molar-refractivity contribution in [2.75, 3.05) is 40.9 Å². The van der Waals surface area contributed by atoms with Crippen molar-refractivity contribution in [2.45, 2.75) is 334 Å². The summed E-state index contributed by atoms with van der Waals surface area (Å²) in [5, 5.41) is 13.8. The third kappa shape index (κ3) is 55.0. The first-order valence-corrected chi connectivity index (χ1v) is 32.6. The third-order valence-electron chi connectivity index (χ3n) is 14.5. The van der Waals surface area contributed by atoms with Crippen molar-refractivity contribution in [1.82, 2.24) is 5.32 Å². The Bertz CT molecular complexity index is 1150. The number of aliphatic hydroxyl groups excluding tert-OH is 1. The highest BCUT2D eigenvalue weighted by atomic mass is 31.2. The van der Waals surface area contributed by atoms with Crippen molar-refractivity contribution in [3.63, 3.8) is 0 Å². The molecule has 0 aliphatic rings. The van der Waals surface area contributed by atoms with Crippen molar-refractivity contribution in [1.29, 1.82) is 0 Å². The Hall–Kier alpha value is -0.760. The van der Waals surface area contributed by atoms with Crippen LogP contribution in [0.3, 0.4) is 0 Å². The van der Waals surface area contributed by atoms with Gasteiger partial charge in [-0.05, 0) is 19.3 Å². The predicted octanol–water partition coefficient (Wildman–Crippen LogP) is 19.0. The summed E-state index contributed by atoms with van der Waals surface area (Å²) in [5.74, 6) is -0.172. The second kappa shape index (κ2) is 53.1. The van der Waals surface area contributed by atoms with Crippen LogP contribution in [0, 0.1) is 0 Å². The first kappa shape index (κ1) is 69.2. The molecule has 0 heterocycles. The molecule has 1 amide bonds. The molecule has 0 aliphatic carbocycles. The van der Waals surface area contributed by atoms with E-state index in [2.05, 4.69) is 19.2 Å². The second-order valence-electron chi connectivity index (χ2n) is 22.8. The highest BCUT2D eigenvalue weighted by Crippen LogP contribution is 2.43. The van der Waals surface area contributed by atoms with Crippen LogP contribution >= 0.6 is 7.82 Å². The lowest BCUT2D eigenvalue weighted by atomic mass is 10.0. The van der Waals surface area contributed by atoms with Crippen LogP contribution in [0.2, 0.25) is 0 Å². The Labute approximate surface area is 437 Å². The topological polar surface area (TPSA) is 105 Å². The average molecular weight is 1010 g/mol. The molecule has 3 N–H and O–H groups in total. The first-order valence-electron chi connectivity index (χ1n) is 31.1. The highest BCUT2D eigenvalue weighted by Gasteiger charge is 2.27. The fourth-order valence-corrected chi connectivity index (χ4v) is 10.4. The van der Waals surface area contributed by atoms with Crippen LogP contribution in [0.1, 0.15) is 322 Å². The van der Waals surface area contributed by atoms with Crippen LogP contribution in [-0.2, 0) is 18.4 Å². The zero-order valence-corrected chi connectivity index (χ0v) is 48.7. The summed E-state index contributed by atoms with van der Waals surface area (Å²) in [6.45, 7) is 4.83. The van der Waals surface area contributed by atoms with Crippen LogP contribution in [-0.4, -0.2) is 73.4 Å². The third-order valence-corrected chi connectivity index (χ3v) is 15.5. The number of amides is 1. The van der Waals surface area contributed by atoms with Gasteiger partial charge in [0.1, 0.15) is 13.2 Å². The number of hydrogen-bond donors (Lipinski definition) is 3. The summed E-state index contributed by atoms with van der Waals surface area (Å²) in [6, 6.07) is -0.840. The van der Waals surface area contributed by atoms with Crippen LogP contribution in [0.15, 0.2) is 12.2 Å². The molecule has 418 valence electrons. The minimum Gasteiger partial charge on any atom is -0.387 e. The Morgan fingerprint density at radius 3 is 1.06 bits per heavy atom. The fourth-order valence-electron chi connectivity index (χ4n) is 9.63. The van der Waals surface area contributed by atoms with E-state index in [0.29, 0.717) is 17.4 Å². The summed E-state index contributed by atoms with van der Waals surface area (Å²) >= 11 is 0. The Morgan fingerprint density at radius 2 is 0.757 bits per heavy atom. The maximum absolute atomic E-state index is 12.9. The van der Waals surface area contributed by atoms with E-state index in [4.69, 9.17) is 9.05 Å². The summed E-state index contributed by atoms with van der Waals surface area (Å²) in [6.07, 6.45) is 66.6. The van der Waals surface area contributed by atoms with Crippen LogP contribution < -0.4 is 5.32 Å². The van der Waals surface area contributed by atoms with Gasteiger partial charge >= 0.3 is 7.82 Å². The number of phosphoric ester groups is 1. The minimum atomic E-state index is -4.33. The van der Waals surface area contributed by atoms with E-state index in [-0.39, 0.29) is 19.1 Å². The van der Waals surface area contributed by atoms with E-state index in [0.717, 1.165) is 38.5 Å². The maximum atomic E-state index is 12.9. The zero-order chi connectivity index (χ0) is 51.3. The summed E-state index contributed by atoms with van der Waals surface area (Å²) in [4.78, 5) is 23.2. The number of nitrogens with one attached hydrogen (secondary N) is 1. The van der Waals surface area contributed by atoms with E-state index < -0.39 is 20.0 Å². The number of aliphatic hydroxyl groups is 1. The van der Waals surface area contributed by atoms with Gasteiger partial charge in [-0.2, -0.15) is 0 Å². The number of likely N-dealkylation sites (N-methyl/N-ethyl adjacent to an activating group) is 1. The number of phosphoric acid groups is 1. The molecule has 0 rings (SSSR count). The molecule has 0 aromatic rings. The summed E-state index contributed by atoms with van der Waals surface area (Å²) < 4.78 is 23.6. The molecule has 0 spiro atoms. The van der Waals surface area contributed by atoms with E-state index >= 15 is 0 Å². The number of quaternary nitrogens is 1. The number of allylic oxidation sites excluding steroid dienone is 1. The lowest BCUT2D eigenvalue weighted by molar-refractivity contribution is -0.870. The Balaban J connectivity index is 3.78. The SMILES string of the molecule is CCCCCCCCCC/C=C/C(O)C(COP(=O)(O)OCC[N+](C)(C)C)NC(=O)CCCCCCCCCCCCCCCCCCCCCCCCCCCCCCCCCCCCCCCC. The lowest BCUT2D eigenvalue weighted by Crippen LogP contribution is -2.45. The maximum Gasteiger partial charge on any atom is 0.472 e. The van der Waals surface area contributed by atoms with Gasteiger partial charge in [-0.15, -0.1) is 0 Å². The number of nitrogens with zero attached hydrogens (tertiary/aromatic N) is 1. The van der Waals surface area contributed by atoms with Crippen molar-refractivity contribution in [3.8, 4) is 0 Å². The first-order chi connectivity index (χ1) is 34.0. The molecule has 0 fully saturated rings. The average Bonchev–Trinajstić information content (AvgIpc) is 3.32. The molecule has 0 aromatic carbocycles. The molecule has 3 unspecified atom stereocenters. The molecule has 0 radical (unpaired) electrons. The molecular weight excluding hydrogens is 888 g/mol. The Morgan fingerprint density at radius 1 is 0.471 bits per heavy atom. The van der Waals surface area contributed by atoms with Gasteiger partial charge in [-0.25, -0.2) is 4.57 Å². The van der Waals surface area contributed by atoms with Gasteiger partial charge in [0.15, 0.2) is 0 Å². The van der Waals surface area contributed by atoms with Gasteiger partial charge in [-0.3, -0.25) is 13.8 Å². The standard InChI is InChI=1S/C61H123N2O6P/c1-6-8-10-12-14-16-18-19-20-21-22-23-24-25-26-27-28-29-30-31-32-33-34-35-36-37-38-39-40-41-42-43-44-45-47-49-51-53-55-61(65)62-59(58-69-70(66,67)68-57-56-63(3,4)5)60(64)54-52-50-48-46-17-15-13-11-9-7-2/h52,54,59-60,64H,6-51,53,55-58H2,1-5H3,(H-,62,65,66,67)/p+1/b54-52+. The van der Waals surface area contributed by atoms with Crippen LogP contribution in [0.4, 0.5) is 0 Å². The van der Waals surface area contributed by atoms with Gasteiger partial charge in [0.05, 0.1) is 39.9 Å². The van der Waals surface area contributed by atoms with Gasteiger partial charge in [-0.1, -0.05) is 309 Å². The van der Waals surface area contributed by atoms with E-state index in [1.54, 1.807) is 6.08 Å². The van der Waals surface area contributed by atoms with Crippen molar-refractivity contribution in [3.05, 3.63) is 12.2 Å². The smallest absolute Gasteiger partial charge is 0.387 e. The predicted molar refractivity (Wildman–Crippen MR) is 305 cm³/mol. The number of unbranched alkanes of at least 4 members (excludes halogenated alkanes) is 45. The van der Waals surface area contributed by atoms with E-state index in [1.807, 2.05) is 27.2 Å². The lowest BCUT2D eigenvalue weighted by Gasteiger charge is -2.25. The normalized spacial score (nSPS) is 13.9. The molecule has 0 aliphatic heterocycles. The number of carbonyl (C=O) groups is 1. The molecule has 9 heteroatoms. The second-order valence-corrected chi connectivity index (χ2v) is 24.3. The minimum absolute atomic E-state index is 0.0646. The molecular formula is C61H124N2O6P+. The fraction of sp³-hybridized carbons (Fsp3) is 0.951. The van der Waals surface area contributed by atoms with Gasteiger partial charge in [0.2, 0.25) is 5.91 Å². The molecule has 0 saturated carbocycles. The molecule has 0 bridgehead atoms. The highest BCUT2D eigenvalue weighted by molar-refractivity contribution is 7.47. The number of hydrogen-bond acceptors (Lipinski definition) is 5. The Kier molecular flexibility index (Phi) is 52.5. The van der Waals surface area contributed by atoms with Crippen LogP contribution in [0.5, 0.6) is 0 Å². The van der Waals surface area contributed by atoms with Gasteiger partial charge in [0, 0.05) is 6.42 Å². The molecule has 0 saturated heterocycles. The van der Waals surface area contributed by atoms with E-state index in [1.165, 1.54) is 263 Å². The van der Waals surface area contributed by atoms with E-state index in [9.17, 15) is 19.4 Å². The van der Waals surface area contributed by atoms with Crippen molar-refractivity contribution < 1.29 is 32.9 Å². The summed E-state index contributed by atoms with van der Waals surface area (Å²) in [7, 11) is 1.59. The molecule has 0 aromatic heterocycles. The zero-order valence-electron chi connectivity index (χ0n) is 47.8. The van der Waals surface area contributed by atoms with Gasteiger partial charge < -0.3 is 19.8 Å². The molecule has 8 nitrogen and oxygen atoms in total. The molecule has 3 atom stereocenters. The van der Waals surface area contributed by atoms with Crippen molar-refractivity contribution >= 4 is 13.7 Å². The summed E-state index contributed by atoms with van der Waals surface area (Å²) in [5.41, 5.74) is 0.